The second kappa shape index (κ2) is 9.29. The Balaban J connectivity index is 1.33. The van der Waals surface area contributed by atoms with E-state index >= 15 is 0 Å². The highest BCUT2D eigenvalue weighted by molar-refractivity contribution is 7.22. The molecule has 0 bridgehead atoms. The summed E-state index contributed by atoms with van der Waals surface area (Å²) in [6, 6.07) is 20.5. The van der Waals surface area contributed by atoms with Crippen molar-refractivity contribution in [1.82, 2.24) is 19.7 Å². The van der Waals surface area contributed by atoms with Gasteiger partial charge in [0.25, 0.3) is 0 Å². The quantitative estimate of drug-likeness (QED) is 0.227. The normalized spacial score (nSPS) is 13.4. The lowest BCUT2D eigenvalue weighted by Crippen LogP contribution is -2.04. The molecule has 8 heteroatoms. The number of carboxylic acids is 1. The van der Waals surface area contributed by atoms with Gasteiger partial charge in [0, 0.05) is 33.3 Å². The van der Waals surface area contributed by atoms with Crippen molar-refractivity contribution >= 4 is 50.0 Å². The van der Waals surface area contributed by atoms with Crippen LogP contribution in [0, 0.1) is 6.92 Å². The molecule has 1 fully saturated rings. The molecule has 0 unspecified atom stereocenters. The molecule has 3 aromatic carbocycles. The smallest absolute Gasteiger partial charge is 0.307 e. The first kappa shape index (κ1) is 24.0. The van der Waals surface area contributed by atoms with Gasteiger partial charge < -0.3 is 5.11 Å². The van der Waals surface area contributed by atoms with Crippen LogP contribution in [0.1, 0.15) is 30.0 Å². The van der Waals surface area contributed by atoms with Crippen LogP contribution in [0.25, 0.3) is 54.1 Å². The van der Waals surface area contributed by atoms with E-state index in [1.54, 1.807) is 11.3 Å². The van der Waals surface area contributed by atoms with Crippen molar-refractivity contribution in [2.45, 2.75) is 32.2 Å². The topological polar surface area (TPSA) is 80.9 Å². The molecule has 192 valence electrons. The van der Waals surface area contributed by atoms with Gasteiger partial charge in [-0.05, 0) is 78.9 Å². The molecule has 0 saturated heterocycles. The number of rotatable bonds is 6. The molecule has 7 rings (SSSR count). The molecule has 39 heavy (non-hydrogen) atoms. The SMILES string of the molecule is Cc1cc2nc(-c3ccnc(-c4ccc5c(cnn5C5CC5)c4)c3)sc2c(-c2ccc(Cl)cc2)c1CC(=O)O. The molecule has 1 aliphatic carbocycles. The van der Waals surface area contributed by atoms with Crippen molar-refractivity contribution in [2.24, 2.45) is 0 Å². The van der Waals surface area contributed by atoms with Crippen LogP contribution in [0.5, 0.6) is 0 Å². The van der Waals surface area contributed by atoms with E-state index in [1.165, 1.54) is 12.8 Å². The van der Waals surface area contributed by atoms with Gasteiger partial charge in [-0.15, -0.1) is 11.3 Å². The van der Waals surface area contributed by atoms with Crippen molar-refractivity contribution in [2.75, 3.05) is 0 Å². The van der Waals surface area contributed by atoms with E-state index < -0.39 is 5.97 Å². The monoisotopic (exact) mass is 550 g/mol. The van der Waals surface area contributed by atoms with Gasteiger partial charge in [-0.25, -0.2) is 4.98 Å². The van der Waals surface area contributed by atoms with E-state index in [0.29, 0.717) is 11.1 Å². The highest BCUT2D eigenvalue weighted by atomic mass is 35.5. The summed E-state index contributed by atoms with van der Waals surface area (Å²) in [7, 11) is 0. The first-order valence-electron chi connectivity index (χ1n) is 12.8. The minimum atomic E-state index is -0.865. The minimum absolute atomic E-state index is 0.0633. The molecule has 6 aromatic rings. The average Bonchev–Trinajstić information content (AvgIpc) is 3.55. The third-order valence-corrected chi connectivity index (χ3v) is 8.65. The Morgan fingerprint density at radius 3 is 2.62 bits per heavy atom. The number of aliphatic carboxylic acids is 1. The number of hydrogen-bond acceptors (Lipinski definition) is 5. The maximum atomic E-state index is 11.8. The van der Waals surface area contributed by atoms with E-state index in [-0.39, 0.29) is 6.42 Å². The number of carboxylic acid groups (broad SMARTS) is 1. The van der Waals surface area contributed by atoms with Crippen LogP contribution in [0.15, 0.2) is 73.1 Å². The molecule has 1 N–H and O–H groups in total. The molecular weight excluding hydrogens is 528 g/mol. The third kappa shape index (κ3) is 4.37. The highest BCUT2D eigenvalue weighted by Gasteiger charge is 2.26. The van der Waals surface area contributed by atoms with Gasteiger partial charge in [-0.2, -0.15) is 5.10 Å². The van der Waals surface area contributed by atoms with Crippen molar-refractivity contribution < 1.29 is 9.90 Å². The summed E-state index contributed by atoms with van der Waals surface area (Å²) < 4.78 is 3.09. The van der Waals surface area contributed by atoms with Crippen LogP contribution in [-0.2, 0) is 11.2 Å². The van der Waals surface area contributed by atoms with Crippen LogP contribution in [0.4, 0.5) is 0 Å². The first-order chi connectivity index (χ1) is 18.9. The number of aryl methyl sites for hydroxylation is 1. The van der Waals surface area contributed by atoms with Gasteiger partial charge in [-0.1, -0.05) is 29.8 Å². The van der Waals surface area contributed by atoms with Crippen LogP contribution in [0.2, 0.25) is 5.02 Å². The van der Waals surface area contributed by atoms with E-state index in [9.17, 15) is 9.90 Å². The molecule has 6 nitrogen and oxygen atoms in total. The Kier molecular flexibility index (Phi) is 5.72. The van der Waals surface area contributed by atoms with Gasteiger partial charge >= 0.3 is 5.97 Å². The summed E-state index contributed by atoms with van der Waals surface area (Å²) in [6.45, 7) is 1.95. The molecule has 1 saturated carbocycles. The number of nitrogens with zero attached hydrogens (tertiary/aromatic N) is 4. The van der Waals surface area contributed by atoms with Gasteiger partial charge in [0.15, 0.2) is 0 Å². The predicted molar refractivity (Wildman–Crippen MR) is 156 cm³/mol. The standard InChI is InChI=1S/C31H23ClN4O2S/c1-17-12-26-30(29(24(17)15-28(37)38)18-2-5-22(32)6-3-18)39-31(35-26)20-10-11-33-25(14-20)19-4-9-27-21(13-19)16-34-36(27)23-7-8-23/h2-6,9-14,16,23H,7-8,15H2,1H3,(H,37,38). The summed E-state index contributed by atoms with van der Waals surface area (Å²) >= 11 is 7.73. The average molecular weight is 551 g/mol. The van der Waals surface area contributed by atoms with Crippen molar-refractivity contribution in [3.63, 3.8) is 0 Å². The molecule has 3 heterocycles. The second-order valence-electron chi connectivity index (χ2n) is 10.0. The number of carbonyl (C=O) groups is 1. The lowest BCUT2D eigenvalue weighted by atomic mass is 9.93. The lowest BCUT2D eigenvalue weighted by Gasteiger charge is -2.13. The van der Waals surface area contributed by atoms with E-state index in [1.807, 2.05) is 55.7 Å². The molecule has 0 spiro atoms. The van der Waals surface area contributed by atoms with Gasteiger partial charge in [-0.3, -0.25) is 14.5 Å². The summed E-state index contributed by atoms with van der Waals surface area (Å²) in [5, 5.41) is 16.9. The summed E-state index contributed by atoms with van der Waals surface area (Å²) in [5.74, 6) is -0.865. The number of hydrogen-bond donors (Lipinski definition) is 1. The van der Waals surface area contributed by atoms with E-state index in [4.69, 9.17) is 16.6 Å². The van der Waals surface area contributed by atoms with Crippen LogP contribution in [-0.4, -0.2) is 30.8 Å². The molecule has 0 amide bonds. The number of fused-ring (bicyclic) bond motifs is 2. The first-order valence-corrected chi connectivity index (χ1v) is 14.0. The molecule has 0 radical (unpaired) electrons. The number of thiazole rings is 1. The largest absolute Gasteiger partial charge is 0.481 e. The Morgan fingerprint density at radius 2 is 1.85 bits per heavy atom. The van der Waals surface area contributed by atoms with Crippen LogP contribution >= 0.6 is 22.9 Å². The second-order valence-corrected chi connectivity index (χ2v) is 11.5. The molecule has 1 aliphatic rings. The maximum absolute atomic E-state index is 11.8. The number of halogens is 1. The number of aromatic nitrogens is 4. The van der Waals surface area contributed by atoms with Gasteiger partial charge in [0.05, 0.1) is 40.1 Å². The predicted octanol–water partition coefficient (Wildman–Crippen LogP) is 7.97. The number of pyridine rings is 1. The minimum Gasteiger partial charge on any atom is -0.481 e. The Hall–Kier alpha value is -4.07. The van der Waals surface area contributed by atoms with Crippen molar-refractivity contribution in [3.05, 3.63) is 89.2 Å². The summed E-state index contributed by atoms with van der Waals surface area (Å²) in [6.07, 6.45) is 6.08. The zero-order chi connectivity index (χ0) is 26.7. The fraction of sp³-hybridized carbons (Fsp3) is 0.161. The van der Waals surface area contributed by atoms with Crippen molar-refractivity contribution in [1.29, 1.82) is 0 Å². The zero-order valence-corrected chi connectivity index (χ0v) is 22.6. The van der Waals surface area contributed by atoms with Crippen molar-refractivity contribution in [3.8, 4) is 33.0 Å². The molecule has 0 aliphatic heterocycles. The molecule has 0 atom stereocenters. The maximum Gasteiger partial charge on any atom is 0.307 e. The lowest BCUT2D eigenvalue weighted by molar-refractivity contribution is -0.136. The van der Waals surface area contributed by atoms with Crippen LogP contribution in [0.3, 0.4) is 0 Å². The number of benzene rings is 3. The van der Waals surface area contributed by atoms with Gasteiger partial charge in [0.2, 0.25) is 0 Å². The summed E-state index contributed by atoms with van der Waals surface area (Å²) in [5.41, 5.74) is 8.40. The fourth-order valence-electron chi connectivity index (χ4n) is 5.20. The third-order valence-electron chi connectivity index (χ3n) is 7.26. The Bertz CT molecular complexity index is 1900. The molecular formula is C31H23ClN4O2S. The Morgan fingerprint density at radius 1 is 1.05 bits per heavy atom. The fourth-order valence-corrected chi connectivity index (χ4v) is 6.46. The van der Waals surface area contributed by atoms with E-state index in [2.05, 4.69) is 39.0 Å². The highest BCUT2D eigenvalue weighted by Crippen LogP contribution is 2.42. The summed E-state index contributed by atoms with van der Waals surface area (Å²) in [4.78, 5) is 21.4. The Labute approximate surface area is 233 Å². The van der Waals surface area contributed by atoms with E-state index in [0.717, 1.165) is 65.2 Å². The van der Waals surface area contributed by atoms with Crippen LogP contribution < -0.4 is 0 Å². The van der Waals surface area contributed by atoms with Gasteiger partial charge in [0.1, 0.15) is 5.01 Å². The molecule has 3 aromatic heterocycles. The zero-order valence-electron chi connectivity index (χ0n) is 21.1.